The van der Waals surface area contributed by atoms with Gasteiger partial charge in [-0.15, -0.1) is 11.8 Å². The van der Waals surface area contributed by atoms with Crippen molar-refractivity contribution in [3.63, 3.8) is 0 Å². The molecule has 1 rings (SSSR count). The fraction of sp³-hybridized carbons (Fsp3) is 0.600. The van der Waals surface area contributed by atoms with Gasteiger partial charge in [-0.1, -0.05) is 0 Å². The summed E-state index contributed by atoms with van der Waals surface area (Å²) in [7, 11) is 0. The second kappa shape index (κ2) is 9.86. The van der Waals surface area contributed by atoms with Crippen molar-refractivity contribution >= 4 is 23.7 Å². The molecule has 5 nitrogen and oxygen atoms in total. The molecule has 0 amide bonds. The SMILES string of the molecule is CC(C)(CCCOc1ccc(SCCCC(C)(C)C(=O)O)cc1)C(=O)O. The van der Waals surface area contributed by atoms with Crippen LogP contribution in [-0.2, 0) is 9.59 Å². The van der Waals surface area contributed by atoms with E-state index in [0.717, 1.165) is 22.8 Å². The molecule has 0 aliphatic carbocycles. The molecule has 0 atom stereocenters. The summed E-state index contributed by atoms with van der Waals surface area (Å²) in [4.78, 5) is 23.2. The first kappa shape index (κ1) is 22.4. The summed E-state index contributed by atoms with van der Waals surface area (Å²) in [5.74, 6) is 0.108. The molecule has 1 aromatic rings. The van der Waals surface area contributed by atoms with Crippen molar-refractivity contribution in [3.8, 4) is 5.75 Å². The van der Waals surface area contributed by atoms with E-state index < -0.39 is 22.8 Å². The molecule has 0 aliphatic heterocycles. The maximum absolute atomic E-state index is 11.1. The largest absolute Gasteiger partial charge is 0.494 e. The number of rotatable bonds is 12. The second-order valence-corrected chi connectivity index (χ2v) is 8.92. The van der Waals surface area contributed by atoms with E-state index >= 15 is 0 Å². The molecule has 0 unspecified atom stereocenters. The van der Waals surface area contributed by atoms with Gasteiger partial charge in [-0.3, -0.25) is 9.59 Å². The van der Waals surface area contributed by atoms with Crippen LogP contribution < -0.4 is 4.74 Å². The predicted octanol–water partition coefficient (Wildman–Crippen LogP) is 4.94. The Bertz CT molecular complexity index is 540. The van der Waals surface area contributed by atoms with Gasteiger partial charge in [0.1, 0.15) is 5.75 Å². The van der Waals surface area contributed by atoms with Crippen LogP contribution in [0.4, 0.5) is 0 Å². The Balaban J connectivity index is 2.29. The van der Waals surface area contributed by atoms with Gasteiger partial charge >= 0.3 is 11.9 Å². The molecule has 1 aromatic carbocycles. The van der Waals surface area contributed by atoms with E-state index in [9.17, 15) is 9.59 Å². The number of hydrogen-bond acceptors (Lipinski definition) is 4. The molecular weight excluding hydrogens is 352 g/mol. The Morgan fingerprint density at radius 1 is 0.923 bits per heavy atom. The van der Waals surface area contributed by atoms with E-state index in [1.807, 2.05) is 24.3 Å². The van der Waals surface area contributed by atoms with Crippen molar-refractivity contribution in [3.05, 3.63) is 24.3 Å². The standard InChI is InChI=1S/C20H30O5S/c1-19(2,17(21)22)11-5-13-25-15-7-9-16(10-8-15)26-14-6-12-20(3,4)18(23)24/h7-10H,5-6,11-14H2,1-4H3,(H,21,22)(H,23,24). The van der Waals surface area contributed by atoms with Gasteiger partial charge < -0.3 is 14.9 Å². The zero-order valence-electron chi connectivity index (χ0n) is 16.1. The van der Waals surface area contributed by atoms with Crippen LogP contribution in [0.5, 0.6) is 5.75 Å². The zero-order chi connectivity index (χ0) is 19.8. The highest BCUT2D eigenvalue weighted by atomic mass is 32.2. The Kier molecular flexibility index (Phi) is 8.47. The lowest BCUT2D eigenvalue weighted by atomic mass is 9.88. The molecule has 2 N–H and O–H groups in total. The van der Waals surface area contributed by atoms with Gasteiger partial charge in [0.25, 0.3) is 0 Å². The van der Waals surface area contributed by atoms with Gasteiger partial charge in [-0.25, -0.2) is 0 Å². The number of carbonyl (C=O) groups is 2. The van der Waals surface area contributed by atoms with E-state index in [2.05, 4.69) is 0 Å². The lowest BCUT2D eigenvalue weighted by Crippen LogP contribution is -2.24. The van der Waals surface area contributed by atoms with Crippen LogP contribution in [0.1, 0.15) is 53.4 Å². The topological polar surface area (TPSA) is 83.8 Å². The maximum Gasteiger partial charge on any atom is 0.309 e. The predicted molar refractivity (Wildman–Crippen MR) is 104 cm³/mol. The van der Waals surface area contributed by atoms with Gasteiger partial charge in [-0.05, 0) is 83.4 Å². The minimum absolute atomic E-state index is 0.494. The van der Waals surface area contributed by atoms with Crippen molar-refractivity contribution in [2.24, 2.45) is 10.8 Å². The van der Waals surface area contributed by atoms with Gasteiger partial charge in [0.15, 0.2) is 0 Å². The highest BCUT2D eigenvalue weighted by Gasteiger charge is 2.26. The van der Waals surface area contributed by atoms with Crippen molar-refractivity contribution in [1.82, 2.24) is 0 Å². The molecular formula is C20H30O5S. The summed E-state index contributed by atoms with van der Waals surface area (Å²) in [5, 5.41) is 18.2. The molecule has 0 fully saturated rings. The zero-order valence-corrected chi connectivity index (χ0v) is 16.9. The lowest BCUT2D eigenvalue weighted by molar-refractivity contribution is -0.148. The molecule has 0 aliphatic rings. The molecule has 0 heterocycles. The van der Waals surface area contributed by atoms with Gasteiger partial charge in [0, 0.05) is 4.90 Å². The van der Waals surface area contributed by atoms with E-state index in [0.29, 0.717) is 25.9 Å². The van der Waals surface area contributed by atoms with Crippen LogP contribution >= 0.6 is 11.8 Å². The monoisotopic (exact) mass is 382 g/mol. The summed E-state index contributed by atoms with van der Waals surface area (Å²) in [6.07, 6.45) is 2.77. The first-order valence-corrected chi connectivity index (χ1v) is 9.86. The average Bonchev–Trinajstić information content (AvgIpc) is 2.56. The van der Waals surface area contributed by atoms with Crippen molar-refractivity contribution in [2.75, 3.05) is 12.4 Å². The highest BCUT2D eigenvalue weighted by Crippen LogP contribution is 2.27. The molecule has 0 spiro atoms. The minimum Gasteiger partial charge on any atom is -0.494 e. The van der Waals surface area contributed by atoms with Crippen molar-refractivity contribution in [2.45, 2.75) is 58.3 Å². The summed E-state index contributed by atoms with van der Waals surface area (Å²) < 4.78 is 5.67. The summed E-state index contributed by atoms with van der Waals surface area (Å²) in [6.45, 7) is 7.44. The van der Waals surface area contributed by atoms with E-state index in [1.165, 1.54) is 0 Å². The average molecular weight is 383 g/mol. The number of carboxylic acids is 2. The molecule has 0 saturated carbocycles. The molecule has 0 saturated heterocycles. The third-order valence-electron chi connectivity index (χ3n) is 4.41. The number of carboxylic acid groups (broad SMARTS) is 2. The third-order valence-corrected chi connectivity index (χ3v) is 5.51. The Labute approximate surface area is 160 Å². The van der Waals surface area contributed by atoms with E-state index in [1.54, 1.807) is 39.5 Å². The van der Waals surface area contributed by atoms with E-state index in [4.69, 9.17) is 14.9 Å². The normalized spacial score (nSPS) is 12.0. The highest BCUT2D eigenvalue weighted by molar-refractivity contribution is 7.99. The maximum atomic E-state index is 11.1. The number of thioether (sulfide) groups is 1. The van der Waals surface area contributed by atoms with Crippen LogP contribution in [-0.4, -0.2) is 34.5 Å². The molecule has 146 valence electrons. The van der Waals surface area contributed by atoms with Crippen LogP contribution in [0, 0.1) is 10.8 Å². The summed E-state index contributed by atoms with van der Waals surface area (Å²) in [5.41, 5.74) is -1.40. The van der Waals surface area contributed by atoms with Crippen LogP contribution in [0.25, 0.3) is 0 Å². The fourth-order valence-electron chi connectivity index (χ4n) is 2.25. The lowest BCUT2D eigenvalue weighted by Gasteiger charge is -2.18. The number of hydrogen-bond donors (Lipinski definition) is 2. The smallest absolute Gasteiger partial charge is 0.309 e. The first-order chi connectivity index (χ1) is 12.0. The quantitative estimate of drug-likeness (QED) is 0.393. The van der Waals surface area contributed by atoms with Crippen molar-refractivity contribution in [1.29, 1.82) is 0 Å². The molecule has 26 heavy (non-hydrogen) atoms. The summed E-state index contributed by atoms with van der Waals surface area (Å²) >= 11 is 1.70. The molecule has 6 heteroatoms. The number of ether oxygens (including phenoxy) is 1. The number of benzene rings is 1. The van der Waals surface area contributed by atoms with Crippen LogP contribution in [0.15, 0.2) is 29.2 Å². The van der Waals surface area contributed by atoms with Crippen molar-refractivity contribution < 1.29 is 24.5 Å². The summed E-state index contributed by atoms with van der Waals surface area (Å²) in [6, 6.07) is 7.80. The van der Waals surface area contributed by atoms with Gasteiger partial charge in [0.2, 0.25) is 0 Å². The van der Waals surface area contributed by atoms with E-state index in [-0.39, 0.29) is 0 Å². The Hall–Kier alpha value is -1.69. The second-order valence-electron chi connectivity index (χ2n) is 7.75. The Morgan fingerprint density at radius 2 is 1.42 bits per heavy atom. The molecule has 0 radical (unpaired) electrons. The first-order valence-electron chi connectivity index (χ1n) is 8.87. The molecule has 0 bridgehead atoms. The van der Waals surface area contributed by atoms with Gasteiger partial charge in [-0.2, -0.15) is 0 Å². The molecule has 0 aromatic heterocycles. The van der Waals surface area contributed by atoms with Crippen LogP contribution in [0.3, 0.4) is 0 Å². The third kappa shape index (κ3) is 7.68. The van der Waals surface area contributed by atoms with Gasteiger partial charge in [0.05, 0.1) is 17.4 Å². The Morgan fingerprint density at radius 3 is 1.92 bits per heavy atom. The number of aliphatic carboxylic acids is 2. The van der Waals surface area contributed by atoms with Crippen LogP contribution in [0.2, 0.25) is 0 Å². The minimum atomic E-state index is -0.786. The fourth-order valence-corrected chi connectivity index (χ4v) is 3.11.